The van der Waals surface area contributed by atoms with Crippen molar-refractivity contribution in [2.24, 2.45) is 5.41 Å². The lowest BCUT2D eigenvalue weighted by molar-refractivity contribution is 0.322. The summed E-state index contributed by atoms with van der Waals surface area (Å²) >= 11 is 0. The molecule has 0 amide bonds. The molecule has 2 aliphatic carbocycles. The van der Waals surface area contributed by atoms with Crippen molar-refractivity contribution < 1.29 is 8.78 Å². The maximum Gasteiger partial charge on any atom is 0.214 e. The fourth-order valence-electron chi connectivity index (χ4n) is 5.40. The Morgan fingerprint density at radius 3 is 2.70 bits per heavy atom. The van der Waals surface area contributed by atoms with E-state index in [1.165, 1.54) is 18.4 Å². The predicted octanol–water partition coefficient (Wildman–Crippen LogP) is 4.94. The molecule has 4 aromatic heterocycles. The van der Waals surface area contributed by atoms with E-state index in [-0.39, 0.29) is 11.2 Å². The average molecular weight is 501 g/mol. The summed E-state index contributed by atoms with van der Waals surface area (Å²) in [5, 5.41) is 11.2. The van der Waals surface area contributed by atoms with E-state index in [2.05, 4.69) is 30.9 Å². The van der Waals surface area contributed by atoms with Gasteiger partial charge in [-0.3, -0.25) is 4.98 Å². The number of rotatable bonds is 6. The molecule has 1 aliphatic heterocycles. The third kappa shape index (κ3) is 4.25. The van der Waals surface area contributed by atoms with E-state index in [0.717, 1.165) is 61.2 Å². The lowest BCUT2D eigenvalue weighted by Gasteiger charge is -2.34. The van der Waals surface area contributed by atoms with Gasteiger partial charge in [0.2, 0.25) is 5.95 Å². The number of aromatic nitrogens is 5. The van der Waals surface area contributed by atoms with Crippen molar-refractivity contribution in [2.75, 3.05) is 23.7 Å². The molecule has 3 fully saturated rings. The summed E-state index contributed by atoms with van der Waals surface area (Å²) in [5.74, 6) is 0.488. The number of hydrogen-bond donors (Lipinski definition) is 3. The zero-order valence-corrected chi connectivity index (χ0v) is 20.1. The number of nitrogens with one attached hydrogen (secondary N) is 3. The number of anilines is 3. The quantitative estimate of drug-likeness (QED) is 0.320. The first-order valence-corrected chi connectivity index (χ1v) is 12.8. The Labute approximate surface area is 212 Å². The Bertz CT molecular complexity index is 1500. The summed E-state index contributed by atoms with van der Waals surface area (Å²) in [4.78, 5) is 22.2. The van der Waals surface area contributed by atoms with E-state index in [1.54, 1.807) is 24.5 Å². The van der Waals surface area contributed by atoms with Crippen LogP contribution in [0.15, 0.2) is 42.9 Å². The highest BCUT2D eigenvalue weighted by atomic mass is 19.1. The van der Waals surface area contributed by atoms with Crippen LogP contribution in [0, 0.1) is 17.2 Å². The number of pyridine rings is 3. The second kappa shape index (κ2) is 8.65. The van der Waals surface area contributed by atoms with Crippen LogP contribution < -0.4 is 16.0 Å². The normalized spacial score (nSPS) is 20.2. The molecular formula is C27H26F2N8. The molecule has 1 atom stereocenters. The summed E-state index contributed by atoms with van der Waals surface area (Å²) < 4.78 is 27.7. The van der Waals surface area contributed by atoms with Crippen LogP contribution in [0.3, 0.4) is 0 Å². The van der Waals surface area contributed by atoms with Crippen LogP contribution in [0.4, 0.5) is 26.2 Å². The molecule has 1 spiro atoms. The number of hydrogen-bond acceptors (Lipinski definition) is 8. The van der Waals surface area contributed by atoms with Gasteiger partial charge in [-0.1, -0.05) is 0 Å². The monoisotopic (exact) mass is 500 g/mol. The first-order chi connectivity index (χ1) is 18.1. The van der Waals surface area contributed by atoms with Gasteiger partial charge in [0.25, 0.3) is 0 Å². The van der Waals surface area contributed by atoms with Crippen molar-refractivity contribution in [2.45, 2.75) is 44.1 Å². The van der Waals surface area contributed by atoms with Crippen LogP contribution in [0.25, 0.3) is 22.3 Å². The van der Waals surface area contributed by atoms with E-state index in [9.17, 15) is 8.78 Å². The molecule has 0 aromatic carbocycles. The Morgan fingerprint density at radius 1 is 0.973 bits per heavy atom. The molecule has 5 heterocycles. The molecule has 1 unspecified atom stereocenters. The van der Waals surface area contributed by atoms with Gasteiger partial charge in [-0.05, 0) is 74.4 Å². The zero-order valence-electron chi connectivity index (χ0n) is 20.1. The zero-order chi connectivity index (χ0) is 25.0. The largest absolute Gasteiger partial charge is 0.366 e. The fraction of sp³-hybridized carbons (Fsp3) is 0.370. The van der Waals surface area contributed by atoms with Gasteiger partial charge in [0.1, 0.15) is 11.6 Å². The Balaban J connectivity index is 1.29. The second-order valence-electron chi connectivity index (χ2n) is 10.3. The molecule has 37 heavy (non-hydrogen) atoms. The number of halogens is 2. The van der Waals surface area contributed by atoms with Gasteiger partial charge in [-0.25, -0.2) is 19.3 Å². The second-order valence-corrected chi connectivity index (χ2v) is 10.3. The van der Waals surface area contributed by atoms with Crippen LogP contribution in [0.2, 0.25) is 0 Å². The smallest absolute Gasteiger partial charge is 0.214 e. The Kier molecular flexibility index (Phi) is 5.24. The standard InChI is InChI=1S/C27H26F2N8/c28-18-3-4-21(29)35-25(18)36-22-11-16(5-10-32-22)24-33-19-13-31-12-17(15-1-2-15)23(19)26(37-24)34-20-6-9-30-14-27(20)7-8-27/h3-5,10-13,15,20,30H,1-2,6-9,14H2,(H,32,35,36)(H,33,34,37). The molecule has 7 rings (SSSR count). The summed E-state index contributed by atoms with van der Waals surface area (Å²) in [5.41, 5.74) is 2.98. The summed E-state index contributed by atoms with van der Waals surface area (Å²) in [7, 11) is 0. The Morgan fingerprint density at radius 2 is 1.86 bits per heavy atom. The average Bonchev–Trinajstić information content (AvgIpc) is 3.84. The first kappa shape index (κ1) is 22.4. The molecule has 8 nitrogen and oxygen atoms in total. The van der Waals surface area contributed by atoms with E-state index >= 15 is 0 Å². The van der Waals surface area contributed by atoms with Crippen molar-refractivity contribution in [3.05, 3.63) is 60.2 Å². The van der Waals surface area contributed by atoms with Crippen molar-refractivity contribution in [3.63, 3.8) is 0 Å². The molecular weight excluding hydrogens is 474 g/mol. The number of piperidine rings is 1. The highest BCUT2D eigenvalue weighted by Crippen LogP contribution is 2.52. The first-order valence-electron chi connectivity index (χ1n) is 12.8. The maximum absolute atomic E-state index is 14.1. The van der Waals surface area contributed by atoms with Gasteiger partial charge < -0.3 is 16.0 Å². The minimum atomic E-state index is -0.779. The summed E-state index contributed by atoms with van der Waals surface area (Å²) in [6.45, 7) is 2.01. The van der Waals surface area contributed by atoms with Gasteiger partial charge in [-0.15, -0.1) is 0 Å². The highest BCUT2D eigenvalue weighted by molar-refractivity contribution is 5.93. The lowest BCUT2D eigenvalue weighted by Crippen LogP contribution is -2.45. The third-order valence-corrected chi connectivity index (χ3v) is 7.76. The minimum Gasteiger partial charge on any atom is -0.366 e. The van der Waals surface area contributed by atoms with Gasteiger partial charge in [0.05, 0.1) is 11.7 Å². The SMILES string of the molecule is Fc1ccc(F)c(Nc2cc(-c3nc(NC4CCNCC45CC5)c4c(C5CC5)cncc4n3)ccn2)n1. The van der Waals surface area contributed by atoms with Crippen LogP contribution in [0.1, 0.15) is 43.6 Å². The summed E-state index contributed by atoms with van der Waals surface area (Å²) in [6.07, 6.45) is 11.1. The van der Waals surface area contributed by atoms with Crippen LogP contribution in [-0.4, -0.2) is 44.1 Å². The minimum absolute atomic E-state index is 0.231. The third-order valence-electron chi connectivity index (χ3n) is 7.76. The molecule has 4 aromatic rings. The molecule has 2 saturated carbocycles. The molecule has 3 N–H and O–H groups in total. The van der Waals surface area contributed by atoms with Crippen molar-refractivity contribution in [1.82, 2.24) is 30.2 Å². The van der Waals surface area contributed by atoms with Crippen molar-refractivity contribution in [3.8, 4) is 11.4 Å². The molecule has 0 bridgehead atoms. The molecule has 188 valence electrons. The van der Waals surface area contributed by atoms with E-state index < -0.39 is 11.8 Å². The maximum atomic E-state index is 14.1. The molecule has 10 heteroatoms. The lowest BCUT2D eigenvalue weighted by atomic mass is 9.90. The molecule has 0 radical (unpaired) electrons. The molecule has 1 saturated heterocycles. The van der Waals surface area contributed by atoms with Gasteiger partial charge in [0, 0.05) is 41.3 Å². The van der Waals surface area contributed by atoms with Crippen LogP contribution >= 0.6 is 0 Å². The molecule has 3 aliphatic rings. The van der Waals surface area contributed by atoms with Crippen LogP contribution in [0.5, 0.6) is 0 Å². The van der Waals surface area contributed by atoms with E-state index in [0.29, 0.717) is 29.2 Å². The highest BCUT2D eigenvalue weighted by Gasteiger charge is 2.50. The van der Waals surface area contributed by atoms with Crippen LogP contribution in [-0.2, 0) is 0 Å². The van der Waals surface area contributed by atoms with Crippen molar-refractivity contribution in [1.29, 1.82) is 0 Å². The Hall–Kier alpha value is -3.79. The number of fused-ring (bicyclic) bond motifs is 1. The van der Waals surface area contributed by atoms with E-state index in [4.69, 9.17) is 9.97 Å². The van der Waals surface area contributed by atoms with E-state index in [1.807, 2.05) is 6.20 Å². The van der Waals surface area contributed by atoms with Gasteiger partial charge >= 0.3 is 0 Å². The number of nitrogens with zero attached hydrogens (tertiary/aromatic N) is 5. The van der Waals surface area contributed by atoms with Crippen molar-refractivity contribution >= 4 is 28.4 Å². The van der Waals surface area contributed by atoms with Gasteiger partial charge in [-0.2, -0.15) is 9.37 Å². The predicted molar refractivity (Wildman–Crippen MR) is 137 cm³/mol. The van der Waals surface area contributed by atoms with Gasteiger partial charge in [0.15, 0.2) is 17.5 Å². The fourth-order valence-corrected chi connectivity index (χ4v) is 5.40. The summed E-state index contributed by atoms with van der Waals surface area (Å²) in [6, 6.07) is 5.85. The topological polar surface area (TPSA) is 101 Å².